The van der Waals surface area contributed by atoms with E-state index in [1.54, 1.807) is 0 Å². The number of hydrogen-bond acceptors (Lipinski definition) is 3. The summed E-state index contributed by atoms with van der Waals surface area (Å²) in [6.45, 7) is 2.89. The number of hydrogen-bond donors (Lipinski definition) is 0. The normalized spacial score (nSPS) is 20.9. The van der Waals surface area contributed by atoms with Crippen LogP contribution in [0.1, 0.15) is 36.8 Å². The summed E-state index contributed by atoms with van der Waals surface area (Å²) in [5.74, 6) is 0.716. The summed E-state index contributed by atoms with van der Waals surface area (Å²) >= 11 is 6.14. The zero-order valence-corrected chi connectivity index (χ0v) is 19.1. The maximum atomic E-state index is 14.0. The fourth-order valence-corrected chi connectivity index (χ4v) is 5.62. The summed E-state index contributed by atoms with van der Waals surface area (Å²) in [7, 11) is 0. The molecule has 4 nitrogen and oxygen atoms in total. The first-order chi connectivity index (χ1) is 15.7. The van der Waals surface area contributed by atoms with Gasteiger partial charge >= 0.3 is 0 Å². The highest BCUT2D eigenvalue weighted by atomic mass is 35.5. The van der Waals surface area contributed by atoms with E-state index in [0.29, 0.717) is 24.2 Å². The van der Waals surface area contributed by atoms with Crippen LogP contribution >= 0.6 is 11.6 Å². The first-order valence-electron chi connectivity index (χ1n) is 11.6. The predicted octanol–water partition coefficient (Wildman–Crippen LogP) is 5.42. The van der Waals surface area contributed by atoms with Crippen LogP contribution in [-0.4, -0.2) is 42.1 Å². The van der Waals surface area contributed by atoms with Gasteiger partial charge < -0.3 is 9.64 Å². The molecule has 3 heterocycles. The van der Waals surface area contributed by atoms with E-state index in [2.05, 4.69) is 34.1 Å². The second-order valence-electron chi connectivity index (χ2n) is 9.15. The van der Waals surface area contributed by atoms with E-state index in [0.717, 1.165) is 56.3 Å². The highest BCUT2D eigenvalue weighted by Gasteiger charge is 2.44. The average Bonchev–Trinajstić information content (AvgIpc) is 2.85. The van der Waals surface area contributed by atoms with Gasteiger partial charge in [-0.25, -0.2) is 0 Å². The summed E-state index contributed by atoms with van der Waals surface area (Å²) < 4.78 is 5.65. The smallest absolute Gasteiger partial charge is 0.233 e. The first kappa shape index (κ1) is 21.4. The molecule has 1 atom stereocenters. The molecule has 2 aliphatic rings. The fourth-order valence-electron chi connectivity index (χ4n) is 5.49. The van der Waals surface area contributed by atoms with Gasteiger partial charge in [-0.1, -0.05) is 41.9 Å². The molecule has 5 heteroatoms. The summed E-state index contributed by atoms with van der Waals surface area (Å²) in [5, 5.41) is 1.92. The maximum absolute atomic E-state index is 14.0. The molecule has 166 valence electrons. The van der Waals surface area contributed by atoms with Gasteiger partial charge in [0, 0.05) is 42.9 Å². The van der Waals surface area contributed by atoms with Crippen molar-refractivity contribution >= 4 is 28.4 Å². The lowest BCUT2D eigenvalue weighted by Crippen LogP contribution is -2.52. The Balaban J connectivity index is 1.38. The van der Waals surface area contributed by atoms with Crippen molar-refractivity contribution in [1.82, 2.24) is 9.88 Å². The zero-order chi connectivity index (χ0) is 22.0. The molecule has 1 aromatic heterocycles. The Labute approximate surface area is 194 Å². The van der Waals surface area contributed by atoms with Crippen molar-refractivity contribution in [2.24, 2.45) is 5.92 Å². The van der Waals surface area contributed by atoms with Crippen molar-refractivity contribution in [3.8, 4) is 0 Å². The van der Waals surface area contributed by atoms with Crippen molar-refractivity contribution in [3.05, 3.63) is 76.9 Å². The van der Waals surface area contributed by atoms with Crippen LogP contribution in [0.4, 0.5) is 0 Å². The maximum Gasteiger partial charge on any atom is 0.233 e. The molecule has 1 amide bonds. The van der Waals surface area contributed by atoms with Gasteiger partial charge in [0.05, 0.1) is 10.9 Å². The molecule has 1 unspecified atom stereocenters. The first-order valence-corrected chi connectivity index (χ1v) is 12.0. The summed E-state index contributed by atoms with van der Waals surface area (Å²) in [6.07, 6.45) is 6.47. The number of aromatic nitrogens is 1. The topological polar surface area (TPSA) is 42.4 Å². The minimum atomic E-state index is -0.506. The van der Waals surface area contributed by atoms with Crippen molar-refractivity contribution in [2.75, 3.05) is 26.3 Å². The van der Waals surface area contributed by atoms with Crippen LogP contribution in [-0.2, 0) is 21.4 Å². The third-order valence-electron chi connectivity index (χ3n) is 7.20. The van der Waals surface area contributed by atoms with Crippen molar-refractivity contribution < 1.29 is 9.53 Å². The Morgan fingerprint density at radius 3 is 2.72 bits per heavy atom. The molecule has 2 aromatic carbocycles. The predicted molar refractivity (Wildman–Crippen MR) is 128 cm³/mol. The molecule has 0 bridgehead atoms. The standard InChI is InChI=1S/C27H29ClN2O2/c28-23-10-8-22(9-11-23)27(12-16-32-17-13-27)26(31)30-15-3-4-20(19-30)18-21-5-1-7-25-24(21)6-2-14-29-25/h1-2,5-11,14,20H,3-4,12-13,15-19H2. The molecule has 32 heavy (non-hydrogen) atoms. The fraction of sp³-hybridized carbons (Fsp3) is 0.407. The minimum Gasteiger partial charge on any atom is -0.381 e. The molecule has 0 spiro atoms. The zero-order valence-electron chi connectivity index (χ0n) is 18.3. The third-order valence-corrected chi connectivity index (χ3v) is 7.46. The van der Waals surface area contributed by atoms with E-state index in [1.807, 2.05) is 36.5 Å². The number of likely N-dealkylation sites (tertiary alicyclic amines) is 1. The molecule has 0 saturated carbocycles. The van der Waals surface area contributed by atoms with Crippen molar-refractivity contribution in [2.45, 2.75) is 37.5 Å². The number of benzene rings is 2. The Morgan fingerprint density at radius 1 is 1.09 bits per heavy atom. The van der Waals surface area contributed by atoms with Gasteiger partial charge in [-0.05, 0) is 73.4 Å². The SMILES string of the molecule is O=C(N1CCCC(Cc2cccc3ncccc23)C1)C1(c2ccc(Cl)cc2)CCOCC1. The quantitative estimate of drug-likeness (QED) is 0.535. The molecular formula is C27H29ClN2O2. The van der Waals surface area contributed by atoms with Crippen molar-refractivity contribution in [1.29, 1.82) is 0 Å². The van der Waals surface area contributed by atoms with E-state index in [9.17, 15) is 4.79 Å². The van der Waals surface area contributed by atoms with E-state index < -0.39 is 5.41 Å². The van der Waals surface area contributed by atoms with Gasteiger partial charge in [-0.3, -0.25) is 9.78 Å². The largest absolute Gasteiger partial charge is 0.381 e. The van der Waals surface area contributed by atoms with Crippen LogP contribution in [0.5, 0.6) is 0 Å². The summed E-state index contributed by atoms with van der Waals surface area (Å²) in [6, 6.07) is 18.4. The Kier molecular flexibility index (Phi) is 6.16. The average molecular weight is 449 g/mol. The number of piperidine rings is 1. The number of rotatable bonds is 4. The van der Waals surface area contributed by atoms with Gasteiger partial charge in [0.25, 0.3) is 0 Å². The number of pyridine rings is 1. The van der Waals surface area contributed by atoms with E-state index in [-0.39, 0.29) is 5.91 Å². The number of halogens is 1. The molecule has 0 aliphatic carbocycles. The molecule has 0 radical (unpaired) electrons. The van der Waals surface area contributed by atoms with Crippen LogP contribution in [0.25, 0.3) is 10.9 Å². The second-order valence-corrected chi connectivity index (χ2v) is 9.59. The lowest BCUT2D eigenvalue weighted by atomic mass is 9.72. The van der Waals surface area contributed by atoms with Gasteiger partial charge in [0.1, 0.15) is 0 Å². The number of nitrogens with zero attached hydrogens (tertiary/aromatic N) is 2. The van der Waals surface area contributed by atoms with E-state index >= 15 is 0 Å². The molecule has 2 saturated heterocycles. The summed E-state index contributed by atoms with van der Waals surface area (Å²) in [5.41, 5.74) is 2.93. The molecule has 3 aromatic rings. The van der Waals surface area contributed by atoms with Crippen LogP contribution in [0.3, 0.4) is 0 Å². The number of ether oxygens (including phenoxy) is 1. The summed E-state index contributed by atoms with van der Waals surface area (Å²) in [4.78, 5) is 20.6. The molecule has 2 fully saturated rings. The Bertz CT molecular complexity index is 1090. The molecule has 5 rings (SSSR count). The van der Waals surface area contributed by atoms with Crippen LogP contribution in [0.2, 0.25) is 5.02 Å². The van der Waals surface area contributed by atoms with Crippen LogP contribution in [0, 0.1) is 5.92 Å². The molecule has 0 N–H and O–H groups in total. The number of carbonyl (C=O) groups excluding carboxylic acids is 1. The lowest BCUT2D eigenvalue weighted by molar-refractivity contribution is -0.143. The van der Waals surface area contributed by atoms with Crippen LogP contribution < -0.4 is 0 Å². The highest BCUT2D eigenvalue weighted by Crippen LogP contribution is 2.38. The number of carbonyl (C=O) groups is 1. The second kappa shape index (κ2) is 9.21. The van der Waals surface area contributed by atoms with Gasteiger partial charge in [-0.15, -0.1) is 0 Å². The van der Waals surface area contributed by atoms with E-state index in [4.69, 9.17) is 16.3 Å². The number of fused-ring (bicyclic) bond motifs is 1. The van der Waals surface area contributed by atoms with Gasteiger partial charge in [0.2, 0.25) is 5.91 Å². The highest BCUT2D eigenvalue weighted by molar-refractivity contribution is 6.30. The van der Waals surface area contributed by atoms with Gasteiger partial charge in [0.15, 0.2) is 0 Å². The minimum absolute atomic E-state index is 0.257. The Morgan fingerprint density at radius 2 is 1.91 bits per heavy atom. The van der Waals surface area contributed by atoms with E-state index in [1.165, 1.54) is 10.9 Å². The van der Waals surface area contributed by atoms with Crippen LogP contribution in [0.15, 0.2) is 60.8 Å². The van der Waals surface area contributed by atoms with Gasteiger partial charge in [-0.2, -0.15) is 0 Å². The molecular weight excluding hydrogens is 420 g/mol. The monoisotopic (exact) mass is 448 g/mol. The lowest BCUT2D eigenvalue weighted by Gasteiger charge is -2.43. The third kappa shape index (κ3) is 4.14. The number of amides is 1. The van der Waals surface area contributed by atoms with Crippen molar-refractivity contribution in [3.63, 3.8) is 0 Å². The Hall–Kier alpha value is -2.43. The molecule has 2 aliphatic heterocycles.